The molecule has 8 nitrogen and oxygen atoms in total. The van der Waals surface area contributed by atoms with Gasteiger partial charge in [0.1, 0.15) is 5.82 Å². The smallest absolute Gasteiger partial charge is 0.262 e. The van der Waals surface area contributed by atoms with Gasteiger partial charge in [-0.1, -0.05) is 0 Å². The van der Waals surface area contributed by atoms with Crippen LogP contribution in [0.2, 0.25) is 0 Å². The van der Waals surface area contributed by atoms with Crippen LogP contribution in [0, 0.1) is 6.92 Å². The molecule has 0 atom stereocenters. The van der Waals surface area contributed by atoms with E-state index >= 15 is 0 Å². The van der Waals surface area contributed by atoms with Crippen LogP contribution in [0.4, 0.5) is 5.82 Å². The molecule has 0 unspecified atom stereocenters. The summed E-state index contributed by atoms with van der Waals surface area (Å²) in [6.07, 6.45) is 3.96. The van der Waals surface area contributed by atoms with Gasteiger partial charge in [-0.3, -0.25) is 0 Å². The lowest BCUT2D eigenvalue weighted by atomic mass is 10.1. The molecule has 0 amide bonds. The molecular formula is C16H22N6O2S. The van der Waals surface area contributed by atoms with E-state index in [0.29, 0.717) is 24.8 Å². The topological polar surface area (TPSA) is 84.2 Å². The highest BCUT2D eigenvalue weighted by molar-refractivity contribution is 7.89. The molecule has 9 heteroatoms. The average Bonchev–Trinajstić information content (AvgIpc) is 3.32. The standard InChI is InChI=1S/C16H22N6O2S/c1-11-17-16(10-20(11)2)25(23,24)21(3)13-8-22(9-13)15-7-6-14(18-19-15)12-4-5-12/h6-7,10,12-13H,4-5,8-9H2,1-3H3. The normalized spacial score (nSPS) is 18.6. The minimum absolute atomic E-state index is 0.0859. The van der Waals surface area contributed by atoms with Gasteiger partial charge in [0.15, 0.2) is 10.8 Å². The molecule has 2 aromatic rings. The van der Waals surface area contributed by atoms with Gasteiger partial charge in [-0.05, 0) is 31.9 Å². The van der Waals surface area contributed by atoms with Crippen LogP contribution in [0.1, 0.15) is 30.3 Å². The number of nitrogens with zero attached hydrogens (tertiary/aromatic N) is 6. The molecule has 0 radical (unpaired) electrons. The van der Waals surface area contributed by atoms with Gasteiger partial charge in [-0.15, -0.1) is 5.10 Å². The zero-order chi connectivity index (χ0) is 17.8. The van der Waals surface area contributed by atoms with Crippen molar-refractivity contribution in [1.29, 1.82) is 0 Å². The van der Waals surface area contributed by atoms with Crippen molar-refractivity contribution in [3.05, 3.63) is 29.8 Å². The highest BCUT2D eigenvalue weighted by Crippen LogP contribution is 2.39. The van der Waals surface area contributed by atoms with E-state index in [0.717, 1.165) is 11.5 Å². The van der Waals surface area contributed by atoms with Crippen LogP contribution >= 0.6 is 0 Å². The number of anilines is 1. The molecule has 0 spiro atoms. The van der Waals surface area contributed by atoms with Gasteiger partial charge in [-0.25, -0.2) is 13.4 Å². The first-order chi connectivity index (χ1) is 11.9. The van der Waals surface area contributed by atoms with Crippen LogP contribution in [-0.4, -0.2) is 58.7 Å². The summed E-state index contributed by atoms with van der Waals surface area (Å²) in [5.41, 5.74) is 1.06. The second kappa shape index (κ2) is 5.77. The monoisotopic (exact) mass is 362 g/mol. The van der Waals surface area contributed by atoms with Gasteiger partial charge in [-0.2, -0.15) is 9.40 Å². The fourth-order valence-electron chi connectivity index (χ4n) is 2.97. The first kappa shape index (κ1) is 16.5. The van der Waals surface area contributed by atoms with E-state index in [2.05, 4.69) is 15.2 Å². The van der Waals surface area contributed by atoms with Crippen molar-refractivity contribution in [1.82, 2.24) is 24.1 Å². The Labute approximate surface area is 147 Å². The summed E-state index contributed by atoms with van der Waals surface area (Å²) in [5, 5.41) is 8.67. The van der Waals surface area contributed by atoms with Crippen molar-refractivity contribution >= 4 is 15.8 Å². The molecule has 134 valence electrons. The van der Waals surface area contributed by atoms with Crippen LogP contribution in [0.5, 0.6) is 0 Å². The summed E-state index contributed by atoms with van der Waals surface area (Å²) in [5.74, 6) is 2.07. The van der Waals surface area contributed by atoms with Crippen molar-refractivity contribution < 1.29 is 8.42 Å². The first-order valence-electron chi connectivity index (χ1n) is 8.43. The number of hydrogen-bond donors (Lipinski definition) is 0. The fourth-order valence-corrected chi connectivity index (χ4v) is 4.33. The van der Waals surface area contributed by atoms with Gasteiger partial charge in [0.25, 0.3) is 10.0 Å². The van der Waals surface area contributed by atoms with E-state index in [4.69, 9.17) is 0 Å². The van der Waals surface area contributed by atoms with Gasteiger partial charge >= 0.3 is 0 Å². The lowest BCUT2D eigenvalue weighted by Gasteiger charge is -2.43. The summed E-state index contributed by atoms with van der Waals surface area (Å²) < 4.78 is 28.5. The maximum atomic E-state index is 12.7. The van der Waals surface area contributed by atoms with E-state index in [-0.39, 0.29) is 11.1 Å². The number of aromatic nitrogens is 4. The maximum Gasteiger partial charge on any atom is 0.262 e. The second-order valence-electron chi connectivity index (χ2n) is 6.91. The first-order valence-corrected chi connectivity index (χ1v) is 9.87. The predicted molar refractivity (Wildman–Crippen MR) is 92.9 cm³/mol. The molecule has 4 rings (SSSR count). The fraction of sp³-hybridized carbons (Fsp3) is 0.562. The number of aryl methyl sites for hydroxylation is 2. The zero-order valence-corrected chi connectivity index (χ0v) is 15.4. The Balaban J connectivity index is 1.42. The molecular weight excluding hydrogens is 340 g/mol. The van der Waals surface area contributed by atoms with Crippen molar-refractivity contribution in [2.75, 3.05) is 25.0 Å². The quantitative estimate of drug-likeness (QED) is 0.786. The summed E-state index contributed by atoms with van der Waals surface area (Å²) in [4.78, 5) is 6.20. The number of likely N-dealkylation sites (N-methyl/N-ethyl adjacent to an activating group) is 1. The highest BCUT2D eigenvalue weighted by atomic mass is 32.2. The van der Waals surface area contributed by atoms with Crippen LogP contribution < -0.4 is 4.90 Å². The highest BCUT2D eigenvalue weighted by Gasteiger charge is 2.38. The van der Waals surface area contributed by atoms with Gasteiger partial charge in [0.05, 0.1) is 11.7 Å². The van der Waals surface area contributed by atoms with E-state index in [1.165, 1.54) is 17.1 Å². The van der Waals surface area contributed by atoms with Gasteiger partial charge in [0.2, 0.25) is 0 Å². The second-order valence-corrected chi connectivity index (χ2v) is 8.85. The Kier molecular flexibility index (Phi) is 3.80. The SMILES string of the molecule is Cc1nc(S(=O)(=O)N(C)C2CN(c3ccc(C4CC4)nn3)C2)cn1C. The molecule has 1 saturated carbocycles. The van der Waals surface area contributed by atoms with Gasteiger partial charge in [0, 0.05) is 39.3 Å². The molecule has 1 saturated heterocycles. The number of sulfonamides is 1. The summed E-state index contributed by atoms with van der Waals surface area (Å²) in [6, 6.07) is 3.93. The van der Waals surface area contributed by atoms with Crippen LogP contribution in [-0.2, 0) is 17.1 Å². The number of rotatable bonds is 5. The molecule has 25 heavy (non-hydrogen) atoms. The van der Waals surface area contributed by atoms with E-state index in [9.17, 15) is 8.42 Å². The summed E-state index contributed by atoms with van der Waals surface area (Å²) in [7, 11) is -0.175. The zero-order valence-electron chi connectivity index (χ0n) is 14.6. The van der Waals surface area contributed by atoms with Crippen molar-refractivity contribution in [3.63, 3.8) is 0 Å². The number of imidazole rings is 1. The molecule has 0 bridgehead atoms. The van der Waals surface area contributed by atoms with E-state index in [1.807, 2.05) is 17.0 Å². The maximum absolute atomic E-state index is 12.7. The largest absolute Gasteiger partial charge is 0.352 e. The molecule has 3 heterocycles. The summed E-state index contributed by atoms with van der Waals surface area (Å²) in [6.45, 7) is 3.01. The minimum atomic E-state index is -3.58. The Morgan fingerprint density at radius 3 is 2.44 bits per heavy atom. The third kappa shape index (κ3) is 2.91. The molecule has 1 aliphatic carbocycles. The molecule has 1 aliphatic heterocycles. The van der Waals surface area contributed by atoms with Crippen molar-refractivity contribution in [3.8, 4) is 0 Å². The molecule has 0 aromatic carbocycles. The Hall–Kier alpha value is -2.00. The lowest BCUT2D eigenvalue weighted by molar-refractivity contribution is 0.308. The van der Waals surface area contributed by atoms with E-state index < -0.39 is 10.0 Å². The average molecular weight is 362 g/mol. The molecule has 2 aromatic heterocycles. The minimum Gasteiger partial charge on any atom is -0.352 e. The van der Waals surface area contributed by atoms with Crippen molar-refractivity contribution in [2.24, 2.45) is 7.05 Å². The summed E-state index contributed by atoms with van der Waals surface area (Å²) >= 11 is 0. The van der Waals surface area contributed by atoms with E-state index in [1.54, 1.807) is 31.8 Å². The Morgan fingerprint density at radius 2 is 1.92 bits per heavy atom. The third-order valence-electron chi connectivity index (χ3n) is 5.10. The van der Waals surface area contributed by atoms with Crippen molar-refractivity contribution in [2.45, 2.75) is 36.8 Å². The van der Waals surface area contributed by atoms with Crippen LogP contribution in [0.15, 0.2) is 23.4 Å². The molecule has 2 aliphatic rings. The third-order valence-corrected chi connectivity index (χ3v) is 6.88. The molecule has 0 N–H and O–H groups in total. The number of hydrogen-bond acceptors (Lipinski definition) is 6. The van der Waals surface area contributed by atoms with Crippen LogP contribution in [0.25, 0.3) is 0 Å². The molecule has 2 fully saturated rings. The predicted octanol–water partition coefficient (Wildman–Crippen LogP) is 0.905. The van der Waals surface area contributed by atoms with Crippen LogP contribution in [0.3, 0.4) is 0 Å². The van der Waals surface area contributed by atoms with Gasteiger partial charge < -0.3 is 9.47 Å². The Morgan fingerprint density at radius 1 is 1.20 bits per heavy atom. The lowest BCUT2D eigenvalue weighted by Crippen LogP contribution is -2.60. The Bertz CT molecular complexity index is 862.